The summed E-state index contributed by atoms with van der Waals surface area (Å²) >= 11 is 0. The first kappa shape index (κ1) is 17.6. The van der Waals surface area contributed by atoms with Gasteiger partial charge in [-0.05, 0) is 43.8 Å². The van der Waals surface area contributed by atoms with Crippen molar-refractivity contribution in [2.75, 3.05) is 7.05 Å². The Kier molecular flexibility index (Phi) is 5.62. The molecule has 0 aliphatic heterocycles. The van der Waals surface area contributed by atoms with Crippen molar-refractivity contribution in [3.8, 4) is 11.8 Å². The van der Waals surface area contributed by atoms with Gasteiger partial charge in [-0.3, -0.25) is 4.90 Å². The van der Waals surface area contributed by atoms with Gasteiger partial charge in [-0.1, -0.05) is 30.3 Å². The van der Waals surface area contributed by atoms with Crippen LogP contribution in [0.4, 0.5) is 0 Å². The van der Waals surface area contributed by atoms with Crippen molar-refractivity contribution in [2.45, 2.75) is 26.1 Å². The van der Waals surface area contributed by atoms with Gasteiger partial charge in [0.1, 0.15) is 5.75 Å². The number of ether oxygens (including phenoxy) is 1. The topological polar surface area (TPSA) is 75.2 Å². The fourth-order valence-electron chi connectivity index (χ4n) is 2.46. The summed E-state index contributed by atoms with van der Waals surface area (Å²) in [6.07, 6.45) is 0. The molecule has 3 aromatic rings. The zero-order chi connectivity index (χ0) is 18.4. The fraction of sp³-hybridized carbons (Fsp3) is 0.250. The summed E-state index contributed by atoms with van der Waals surface area (Å²) in [5.41, 5.74) is 1.82. The summed E-state index contributed by atoms with van der Waals surface area (Å²) < 4.78 is 11.4. The molecule has 0 aliphatic rings. The molecule has 0 bridgehead atoms. The van der Waals surface area contributed by atoms with Crippen LogP contribution < -0.4 is 4.74 Å². The summed E-state index contributed by atoms with van der Waals surface area (Å²) in [6, 6.07) is 19.2. The molecule has 0 radical (unpaired) electrons. The number of aromatic nitrogens is 2. The van der Waals surface area contributed by atoms with Crippen molar-refractivity contribution in [1.82, 2.24) is 15.1 Å². The Morgan fingerprint density at radius 1 is 1.12 bits per heavy atom. The number of nitriles is 1. The van der Waals surface area contributed by atoms with Crippen LogP contribution in [0.1, 0.15) is 35.9 Å². The van der Waals surface area contributed by atoms with Crippen LogP contribution in [0.15, 0.2) is 59.0 Å². The second-order valence-corrected chi connectivity index (χ2v) is 6.04. The summed E-state index contributed by atoms with van der Waals surface area (Å²) in [4.78, 5) is 2.15. The van der Waals surface area contributed by atoms with Crippen molar-refractivity contribution in [3.63, 3.8) is 0 Å². The molecular weight excluding hydrogens is 328 g/mol. The Hall–Kier alpha value is -3.17. The molecule has 0 aliphatic carbocycles. The van der Waals surface area contributed by atoms with Crippen molar-refractivity contribution in [1.29, 1.82) is 5.26 Å². The van der Waals surface area contributed by atoms with E-state index in [0.717, 1.165) is 6.54 Å². The third-order valence-corrected chi connectivity index (χ3v) is 4.12. The monoisotopic (exact) mass is 348 g/mol. The fourth-order valence-corrected chi connectivity index (χ4v) is 2.46. The van der Waals surface area contributed by atoms with Gasteiger partial charge in [-0.15, -0.1) is 10.2 Å². The smallest absolute Gasteiger partial charge is 0.253 e. The second kappa shape index (κ2) is 8.28. The predicted octanol–water partition coefficient (Wildman–Crippen LogP) is 3.71. The minimum Gasteiger partial charge on any atom is -0.484 e. The van der Waals surface area contributed by atoms with Crippen LogP contribution in [0.3, 0.4) is 0 Å². The maximum atomic E-state index is 8.80. The van der Waals surface area contributed by atoms with E-state index in [1.165, 1.54) is 5.56 Å². The average Bonchev–Trinajstić information content (AvgIpc) is 3.16. The largest absolute Gasteiger partial charge is 0.484 e. The molecule has 3 rings (SSSR count). The lowest BCUT2D eigenvalue weighted by Crippen LogP contribution is -2.22. The van der Waals surface area contributed by atoms with E-state index >= 15 is 0 Å². The van der Waals surface area contributed by atoms with Gasteiger partial charge >= 0.3 is 0 Å². The predicted molar refractivity (Wildman–Crippen MR) is 96.1 cm³/mol. The van der Waals surface area contributed by atoms with Crippen LogP contribution in [-0.4, -0.2) is 22.1 Å². The van der Waals surface area contributed by atoms with E-state index < -0.39 is 0 Å². The molecule has 0 saturated carbocycles. The molecule has 0 N–H and O–H groups in total. The summed E-state index contributed by atoms with van der Waals surface area (Å²) in [7, 11) is 2.02. The van der Waals surface area contributed by atoms with Crippen LogP contribution in [0.25, 0.3) is 0 Å². The van der Waals surface area contributed by atoms with Crippen LogP contribution in [-0.2, 0) is 13.2 Å². The van der Waals surface area contributed by atoms with Gasteiger partial charge in [0.25, 0.3) is 5.89 Å². The quantitative estimate of drug-likeness (QED) is 0.648. The lowest BCUT2D eigenvalue weighted by atomic mass is 10.2. The Morgan fingerprint density at radius 2 is 1.85 bits per heavy atom. The normalized spacial score (nSPS) is 11.9. The van der Waals surface area contributed by atoms with E-state index in [9.17, 15) is 0 Å². The second-order valence-electron chi connectivity index (χ2n) is 6.04. The molecule has 1 aromatic heterocycles. The SMILES string of the molecule is C[C@@H](c1nnc(COc2ccc(C#N)cc2)o1)N(C)Cc1ccccc1. The van der Waals surface area contributed by atoms with Crippen molar-refractivity contribution in [3.05, 3.63) is 77.5 Å². The van der Waals surface area contributed by atoms with Crippen LogP contribution in [0.5, 0.6) is 5.75 Å². The first-order valence-electron chi connectivity index (χ1n) is 8.35. The number of hydrogen-bond donors (Lipinski definition) is 0. The molecule has 0 fully saturated rings. The van der Waals surface area contributed by atoms with E-state index in [2.05, 4.69) is 33.3 Å². The van der Waals surface area contributed by atoms with Crippen LogP contribution in [0, 0.1) is 11.3 Å². The molecule has 1 atom stereocenters. The first-order valence-corrected chi connectivity index (χ1v) is 8.35. The number of benzene rings is 2. The lowest BCUT2D eigenvalue weighted by molar-refractivity contribution is 0.203. The van der Waals surface area contributed by atoms with Crippen LogP contribution in [0.2, 0.25) is 0 Å². The van der Waals surface area contributed by atoms with Gasteiger partial charge in [0.15, 0.2) is 6.61 Å². The van der Waals surface area contributed by atoms with Gasteiger partial charge in [-0.25, -0.2) is 0 Å². The Balaban J connectivity index is 1.57. The Labute approximate surface area is 152 Å². The molecule has 0 amide bonds. The van der Waals surface area contributed by atoms with Crippen molar-refractivity contribution >= 4 is 0 Å². The molecule has 26 heavy (non-hydrogen) atoms. The highest BCUT2D eigenvalue weighted by Crippen LogP contribution is 2.20. The van der Waals surface area contributed by atoms with E-state index in [1.54, 1.807) is 24.3 Å². The Bertz CT molecular complexity index is 869. The molecule has 0 spiro atoms. The first-order chi connectivity index (χ1) is 12.7. The zero-order valence-electron chi connectivity index (χ0n) is 14.8. The van der Waals surface area contributed by atoms with Gasteiger partial charge in [0, 0.05) is 6.54 Å². The highest BCUT2D eigenvalue weighted by atomic mass is 16.5. The summed E-state index contributed by atoms with van der Waals surface area (Å²) in [5.74, 6) is 1.63. The minimum absolute atomic E-state index is 0.00799. The van der Waals surface area contributed by atoms with Gasteiger partial charge in [-0.2, -0.15) is 5.26 Å². The van der Waals surface area contributed by atoms with Crippen molar-refractivity contribution in [2.24, 2.45) is 0 Å². The van der Waals surface area contributed by atoms with Gasteiger partial charge in [0.05, 0.1) is 17.7 Å². The van der Waals surface area contributed by atoms with Gasteiger partial charge in [0.2, 0.25) is 5.89 Å². The maximum absolute atomic E-state index is 8.80. The highest BCUT2D eigenvalue weighted by molar-refractivity contribution is 5.34. The molecular formula is C20H20N4O2. The molecule has 132 valence electrons. The van der Waals surface area contributed by atoms with Gasteiger partial charge < -0.3 is 9.15 Å². The van der Waals surface area contributed by atoms with Crippen LogP contribution >= 0.6 is 0 Å². The average molecular weight is 348 g/mol. The molecule has 0 saturated heterocycles. The highest BCUT2D eigenvalue weighted by Gasteiger charge is 2.18. The van der Waals surface area contributed by atoms with E-state index in [0.29, 0.717) is 23.1 Å². The Morgan fingerprint density at radius 3 is 2.54 bits per heavy atom. The van der Waals surface area contributed by atoms with Crippen molar-refractivity contribution < 1.29 is 9.15 Å². The minimum atomic E-state index is -0.00799. The number of rotatable bonds is 7. The van der Waals surface area contributed by atoms with E-state index in [4.69, 9.17) is 14.4 Å². The van der Waals surface area contributed by atoms with E-state index in [1.807, 2.05) is 32.2 Å². The van der Waals surface area contributed by atoms with E-state index in [-0.39, 0.29) is 12.6 Å². The standard InChI is InChI=1S/C20H20N4O2/c1-15(24(2)13-17-6-4-3-5-7-17)20-23-22-19(26-20)14-25-18-10-8-16(12-21)9-11-18/h3-11,15H,13-14H2,1-2H3/t15-/m0/s1. The molecule has 6 nitrogen and oxygen atoms in total. The zero-order valence-corrected chi connectivity index (χ0v) is 14.8. The summed E-state index contributed by atoms with van der Waals surface area (Å²) in [5, 5.41) is 17.0. The third-order valence-electron chi connectivity index (χ3n) is 4.12. The maximum Gasteiger partial charge on any atom is 0.253 e. The summed E-state index contributed by atoms with van der Waals surface area (Å²) in [6.45, 7) is 3.01. The number of hydrogen-bond acceptors (Lipinski definition) is 6. The lowest BCUT2D eigenvalue weighted by Gasteiger charge is -2.21. The third kappa shape index (κ3) is 4.47. The molecule has 2 aromatic carbocycles. The number of nitrogens with zero attached hydrogens (tertiary/aromatic N) is 4. The molecule has 6 heteroatoms. The molecule has 1 heterocycles. The molecule has 0 unspecified atom stereocenters.